The number of hydrogen-bond donors (Lipinski definition) is 1. The number of carboxylic acids is 1. The Hall–Kier alpha value is 0.370. The zero-order valence-electron chi connectivity index (χ0n) is 15.4. The zero-order chi connectivity index (χ0) is 18.9. The molecule has 10 nitrogen and oxygen atoms in total. The maximum absolute atomic E-state index is 12.2. The third-order valence-corrected chi connectivity index (χ3v) is 5.55. The summed E-state index contributed by atoms with van der Waals surface area (Å²) in [6.45, 7) is 2.95. The van der Waals surface area contributed by atoms with Gasteiger partial charge in [-0.1, -0.05) is 0 Å². The van der Waals surface area contributed by atoms with Gasteiger partial charge in [-0.25, -0.2) is 8.42 Å². The summed E-state index contributed by atoms with van der Waals surface area (Å²) in [4.78, 5) is 35.8. The largest absolute Gasteiger partial charge is 1.00 e. The first-order chi connectivity index (χ1) is 11.5. The molecule has 2 aliphatic heterocycles. The number of amides is 2. The van der Waals surface area contributed by atoms with Gasteiger partial charge in [0.1, 0.15) is 0 Å². The first kappa shape index (κ1) is 27.4. The summed E-state index contributed by atoms with van der Waals surface area (Å²) >= 11 is 1.17. The van der Waals surface area contributed by atoms with Gasteiger partial charge in [0, 0.05) is 30.5 Å². The van der Waals surface area contributed by atoms with Gasteiger partial charge in [0.05, 0.1) is 29.7 Å². The fourth-order valence-electron chi connectivity index (χ4n) is 2.98. The minimum absolute atomic E-state index is 0. The molecule has 1 fully saturated rings. The number of aliphatic carboxylic acids is 1. The summed E-state index contributed by atoms with van der Waals surface area (Å²) in [7, 11) is -4.97. The summed E-state index contributed by atoms with van der Waals surface area (Å²) < 4.78 is 36.4. The number of nitrogens with zero attached hydrogens (tertiary/aromatic N) is 1. The van der Waals surface area contributed by atoms with Crippen molar-refractivity contribution in [1.82, 2.24) is 10.2 Å². The van der Waals surface area contributed by atoms with Crippen LogP contribution in [0.25, 0.3) is 0 Å². The van der Waals surface area contributed by atoms with Crippen molar-refractivity contribution in [3.8, 4) is 0 Å². The van der Waals surface area contributed by atoms with E-state index in [0.717, 1.165) is 4.90 Å². The summed E-state index contributed by atoms with van der Waals surface area (Å²) in [5.41, 5.74) is -0.253. The van der Waals surface area contributed by atoms with Crippen molar-refractivity contribution in [1.29, 1.82) is 0 Å². The molecule has 0 unspecified atom stereocenters. The van der Waals surface area contributed by atoms with Crippen LogP contribution in [0.2, 0.25) is 0 Å². The third kappa shape index (κ3) is 6.69. The molecule has 0 aliphatic carbocycles. The van der Waals surface area contributed by atoms with Gasteiger partial charge in [0.15, 0.2) is 0 Å². The fourth-order valence-corrected chi connectivity index (χ4v) is 4.53. The topological polar surface area (TPSA) is 156 Å². The molecule has 2 rings (SSSR count). The van der Waals surface area contributed by atoms with Crippen LogP contribution in [0.4, 0.5) is 0 Å². The van der Waals surface area contributed by atoms with Crippen LogP contribution in [0.3, 0.4) is 0 Å². The molecule has 2 heterocycles. The molecule has 1 N–H and O–H groups in total. The first-order valence-corrected chi connectivity index (χ1v) is 9.63. The molecular formula is C13H16N2Na2O8S2. The van der Waals surface area contributed by atoms with E-state index in [-0.39, 0.29) is 77.1 Å². The van der Waals surface area contributed by atoms with E-state index in [1.54, 1.807) is 0 Å². The minimum atomic E-state index is -4.97. The molecule has 0 aromatic carbocycles. The van der Waals surface area contributed by atoms with Gasteiger partial charge in [-0.3, -0.25) is 13.8 Å². The smallest absolute Gasteiger partial charge is 0.726 e. The van der Waals surface area contributed by atoms with E-state index in [1.807, 2.05) is 0 Å². The average Bonchev–Trinajstić information content (AvgIpc) is 2.76. The normalized spacial score (nSPS) is 22.2. The Balaban J connectivity index is 0.00000338. The van der Waals surface area contributed by atoms with Crippen molar-refractivity contribution >= 4 is 39.9 Å². The van der Waals surface area contributed by atoms with E-state index in [2.05, 4.69) is 9.50 Å². The Morgan fingerprint density at radius 3 is 2.48 bits per heavy atom. The predicted octanol–water partition coefficient (Wildman–Crippen LogP) is -8.08. The van der Waals surface area contributed by atoms with Crippen LogP contribution in [-0.2, 0) is 29.0 Å². The van der Waals surface area contributed by atoms with E-state index in [1.165, 1.54) is 25.6 Å². The number of hydrogen-bond acceptors (Lipinski definition) is 9. The third-order valence-electron chi connectivity index (χ3n) is 3.89. The van der Waals surface area contributed by atoms with Crippen molar-refractivity contribution in [2.24, 2.45) is 5.92 Å². The predicted molar refractivity (Wildman–Crippen MR) is 82.2 cm³/mol. The maximum Gasteiger partial charge on any atom is 1.00 e. The van der Waals surface area contributed by atoms with Crippen molar-refractivity contribution in [3.05, 3.63) is 10.6 Å². The zero-order valence-corrected chi connectivity index (χ0v) is 21.0. The number of carboxylic acid groups (broad SMARTS) is 1. The first-order valence-electron chi connectivity index (χ1n) is 7.32. The molecule has 14 heteroatoms. The van der Waals surface area contributed by atoms with Gasteiger partial charge in [0.2, 0.25) is 22.2 Å². The Bertz CT molecular complexity index is 743. The van der Waals surface area contributed by atoms with Crippen LogP contribution < -0.4 is 69.5 Å². The SMILES string of the molecule is CC(=O)NCCSC1=C(C(=O)[O-])N2C(=O)[C@@H]([C@H](C)OS(=O)(=O)[O-])[C@H]2C1.[Na+].[Na+]. The molecule has 3 atom stereocenters. The van der Waals surface area contributed by atoms with Gasteiger partial charge in [-0.2, -0.15) is 0 Å². The Morgan fingerprint density at radius 2 is 2.00 bits per heavy atom. The second kappa shape index (κ2) is 11.0. The quantitative estimate of drug-likeness (QED) is 0.128. The van der Waals surface area contributed by atoms with E-state index in [4.69, 9.17) is 0 Å². The molecule has 2 amide bonds. The second-order valence-electron chi connectivity index (χ2n) is 5.61. The van der Waals surface area contributed by atoms with E-state index >= 15 is 0 Å². The van der Waals surface area contributed by atoms with Gasteiger partial charge in [-0.15, -0.1) is 11.8 Å². The summed E-state index contributed by atoms with van der Waals surface area (Å²) in [6.07, 6.45) is -1.00. The van der Waals surface area contributed by atoms with Crippen LogP contribution in [0.5, 0.6) is 0 Å². The van der Waals surface area contributed by atoms with Crippen LogP contribution in [0, 0.1) is 5.92 Å². The van der Waals surface area contributed by atoms with Crippen molar-refractivity contribution < 1.29 is 95.8 Å². The molecule has 27 heavy (non-hydrogen) atoms. The number of carbonyl (C=O) groups is 3. The standard InChI is InChI=1S/C13H18N2O8S2.2Na/c1-6(23-25(20,21)22)10-8-5-9(24-4-3-14-7(2)16)11(13(18)19)15(8)12(10)17;;/h6,8,10H,3-5H2,1-2H3,(H,14,16)(H,18,19)(H,20,21,22);;/q;2*+1/p-2/t6-,8+,10-;;/m0../s1. The number of nitrogens with one attached hydrogen (secondary N) is 1. The number of carbonyl (C=O) groups excluding carboxylic acids is 3. The minimum Gasteiger partial charge on any atom is -0.726 e. The van der Waals surface area contributed by atoms with Gasteiger partial charge < -0.3 is 24.7 Å². The van der Waals surface area contributed by atoms with Crippen LogP contribution >= 0.6 is 11.8 Å². The molecule has 2 aliphatic rings. The molecule has 0 radical (unpaired) electrons. The number of rotatable bonds is 8. The van der Waals surface area contributed by atoms with Crippen molar-refractivity contribution in [2.75, 3.05) is 12.3 Å². The Kier molecular flexibility index (Phi) is 11.1. The van der Waals surface area contributed by atoms with E-state index in [9.17, 15) is 32.5 Å². The number of fused-ring (bicyclic) bond motifs is 1. The van der Waals surface area contributed by atoms with Gasteiger partial charge in [-0.05, 0) is 6.92 Å². The summed E-state index contributed by atoms with van der Waals surface area (Å²) in [5.74, 6) is -2.89. The van der Waals surface area contributed by atoms with Crippen LogP contribution in [-0.4, -0.2) is 60.1 Å². The Morgan fingerprint density at radius 1 is 1.41 bits per heavy atom. The van der Waals surface area contributed by atoms with Crippen molar-refractivity contribution in [2.45, 2.75) is 32.4 Å². The van der Waals surface area contributed by atoms with E-state index < -0.39 is 40.3 Å². The van der Waals surface area contributed by atoms with Crippen molar-refractivity contribution in [3.63, 3.8) is 0 Å². The number of β-lactam (4-membered cyclic amide) rings is 1. The molecule has 140 valence electrons. The molecule has 0 spiro atoms. The van der Waals surface area contributed by atoms with E-state index in [0.29, 0.717) is 17.2 Å². The molecule has 0 saturated carbocycles. The molecular weight excluding hydrogens is 422 g/mol. The monoisotopic (exact) mass is 438 g/mol. The summed E-state index contributed by atoms with van der Waals surface area (Å²) in [6, 6.07) is -0.597. The van der Waals surface area contributed by atoms with Gasteiger partial charge in [0.25, 0.3) is 0 Å². The average molecular weight is 438 g/mol. The summed E-state index contributed by atoms with van der Waals surface area (Å²) in [5, 5.41) is 13.9. The molecule has 0 bridgehead atoms. The van der Waals surface area contributed by atoms with Crippen LogP contribution in [0.15, 0.2) is 10.6 Å². The van der Waals surface area contributed by atoms with Gasteiger partial charge >= 0.3 is 59.1 Å². The molecule has 1 saturated heterocycles. The maximum atomic E-state index is 12.2. The van der Waals surface area contributed by atoms with Crippen LogP contribution in [0.1, 0.15) is 20.3 Å². The Labute approximate surface area is 205 Å². The fraction of sp³-hybridized carbons (Fsp3) is 0.615. The number of thioether (sulfide) groups is 1. The second-order valence-corrected chi connectivity index (χ2v) is 7.80. The molecule has 0 aromatic rings. The molecule has 0 aromatic heterocycles.